The highest BCUT2D eigenvalue weighted by atomic mass is 28.4. The Hall–Kier alpha value is -1.25. The van der Waals surface area contributed by atoms with Crippen LogP contribution < -0.4 is 0 Å². The zero-order valence-corrected chi connectivity index (χ0v) is 18.9. The summed E-state index contributed by atoms with van der Waals surface area (Å²) in [5.74, 6) is 1.17. The van der Waals surface area contributed by atoms with Crippen molar-refractivity contribution in [2.24, 2.45) is 28.6 Å². The molecule has 4 aliphatic rings. The summed E-state index contributed by atoms with van der Waals surface area (Å²) in [4.78, 5) is 25.6. The second-order valence-electron chi connectivity index (χ2n) is 11.1. The van der Waals surface area contributed by atoms with E-state index in [0.717, 1.165) is 32.1 Å². The van der Waals surface area contributed by atoms with Gasteiger partial charge in [-0.25, -0.2) is 0 Å². The van der Waals surface area contributed by atoms with E-state index in [9.17, 15) is 14.9 Å². The summed E-state index contributed by atoms with van der Waals surface area (Å²) in [6.45, 7) is 10.8. The highest BCUT2D eigenvalue weighted by Crippen LogP contribution is 2.67. The van der Waals surface area contributed by atoms with Crippen molar-refractivity contribution >= 4 is 19.9 Å². The summed E-state index contributed by atoms with van der Waals surface area (Å²) in [5, 5.41) is 10.2. The van der Waals surface area contributed by atoms with E-state index in [2.05, 4.69) is 39.6 Å². The van der Waals surface area contributed by atoms with Crippen molar-refractivity contribution in [1.29, 1.82) is 5.26 Å². The van der Waals surface area contributed by atoms with Gasteiger partial charge in [0.2, 0.25) is 0 Å². The molecule has 4 aliphatic carbocycles. The van der Waals surface area contributed by atoms with Gasteiger partial charge in [0.15, 0.2) is 14.1 Å². The Labute approximate surface area is 169 Å². The van der Waals surface area contributed by atoms with Crippen molar-refractivity contribution in [3.8, 4) is 6.07 Å². The van der Waals surface area contributed by atoms with E-state index in [4.69, 9.17) is 4.43 Å². The molecule has 0 aromatic rings. The van der Waals surface area contributed by atoms with Gasteiger partial charge in [-0.3, -0.25) is 9.59 Å². The van der Waals surface area contributed by atoms with Crippen molar-refractivity contribution in [1.82, 2.24) is 0 Å². The molecule has 5 heteroatoms. The Bertz CT molecular complexity index is 806. The molecule has 4 rings (SSSR count). The number of nitrogens with zero attached hydrogens (tertiary/aromatic N) is 1. The standard InChI is InChI=1S/C23H33NO3Si/c1-21-10-8-16(25)12-15(21)6-7-17-18-9-11-23(14-24,27-28(3,4)5)22(18,2)13-19(26)20(17)21/h12,17-18,20H,6-11,13H2,1-5H3/t17?,18?,20?,21-,22-,23-/m0/s1. The van der Waals surface area contributed by atoms with E-state index < -0.39 is 19.3 Å². The molecule has 6 atom stereocenters. The summed E-state index contributed by atoms with van der Waals surface area (Å²) < 4.78 is 6.55. The molecule has 3 unspecified atom stereocenters. The Morgan fingerprint density at radius 1 is 1.14 bits per heavy atom. The number of carbonyl (C=O) groups excluding carboxylic acids is 2. The smallest absolute Gasteiger partial charge is 0.185 e. The average molecular weight is 400 g/mol. The van der Waals surface area contributed by atoms with Crippen LogP contribution in [0.25, 0.3) is 0 Å². The van der Waals surface area contributed by atoms with Gasteiger partial charge in [0.25, 0.3) is 0 Å². The van der Waals surface area contributed by atoms with Gasteiger partial charge in [-0.2, -0.15) is 5.26 Å². The van der Waals surface area contributed by atoms with Crippen molar-refractivity contribution in [2.75, 3.05) is 0 Å². The highest BCUT2D eigenvalue weighted by Gasteiger charge is 2.68. The van der Waals surface area contributed by atoms with Gasteiger partial charge in [0, 0.05) is 24.2 Å². The van der Waals surface area contributed by atoms with Gasteiger partial charge >= 0.3 is 0 Å². The fourth-order valence-corrected chi connectivity index (χ4v) is 8.69. The fraction of sp³-hybridized carbons (Fsp3) is 0.783. The number of carbonyl (C=O) groups is 2. The minimum atomic E-state index is -1.94. The average Bonchev–Trinajstić information content (AvgIpc) is 2.86. The number of nitriles is 1. The van der Waals surface area contributed by atoms with E-state index in [1.165, 1.54) is 5.57 Å². The van der Waals surface area contributed by atoms with Gasteiger partial charge < -0.3 is 4.43 Å². The molecule has 0 aromatic heterocycles. The van der Waals surface area contributed by atoms with E-state index in [1.807, 2.05) is 6.08 Å². The number of allylic oxidation sites excluding steroid dienone is 1. The van der Waals surface area contributed by atoms with Crippen LogP contribution in [0.4, 0.5) is 0 Å². The zero-order valence-electron chi connectivity index (χ0n) is 17.9. The molecule has 0 heterocycles. The lowest BCUT2D eigenvalue weighted by Crippen LogP contribution is -2.60. The van der Waals surface area contributed by atoms with Crippen molar-refractivity contribution in [2.45, 2.75) is 84.0 Å². The Morgan fingerprint density at radius 3 is 2.50 bits per heavy atom. The van der Waals surface area contributed by atoms with Crippen LogP contribution in [-0.2, 0) is 14.0 Å². The molecule has 0 aliphatic heterocycles. The summed E-state index contributed by atoms with van der Waals surface area (Å²) in [6, 6.07) is 2.57. The van der Waals surface area contributed by atoms with Crippen LogP contribution in [0.2, 0.25) is 19.6 Å². The maximum atomic E-state index is 13.6. The van der Waals surface area contributed by atoms with Crippen molar-refractivity contribution in [3.63, 3.8) is 0 Å². The van der Waals surface area contributed by atoms with Gasteiger partial charge in [-0.15, -0.1) is 0 Å². The third-order valence-electron chi connectivity index (χ3n) is 8.44. The first-order chi connectivity index (χ1) is 13.0. The molecule has 0 amide bonds. The number of fused-ring (bicyclic) bond motifs is 5. The quantitative estimate of drug-likeness (QED) is 0.625. The molecule has 4 nitrogen and oxygen atoms in total. The monoisotopic (exact) mass is 399 g/mol. The van der Waals surface area contributed by atoms with Crippen LogP contribution in [0, 0.1) is 39.9 Å². The molecule has 3 fully saturated rings. The third kappa shape index (κ3) is 2.64. The molecule has 0 saturated heterocycles. The first-order valence-corrected chi connectivity index (χ1v) is 14.2. The second-order valence-corrected chi connectivity index (χ2v) is 15.5. The molecular weight excluding hydrogens is 366 g/mol. The zero-order chi connectivity index (χ0) is 20.5. The number of hydrogen-bond acceptors (Lipinski definition) is 4. The van der Waals surface area contributed by atoms with Crippen LogP contribution in [0.3, 0.4) is 0 Å². The van der Waals surface area contributed by atoms with Crippen molar-refractivity contribution in [3.05, 3.63) is 11.6 Å². The van der Waals surface area contributed by atoms with Crippen LogP contribution >= 0.6 is 0 Å². The summed E-state index contributed by atoms with van der Waals surface area (Å²) in [5.41, 5.74) is -0.206. The first-order valence-electron chi connectivity index (χ1n) is 10.8. The van der Waals surface area contributed by atoms with E-state index in [0.29, 0.717) is 30.5 Å². The minimum absolute atomic E-state index is 0.0000458. The molecule has 3 saturated carbocycles. The lowest BCUT2D eigenvalue weighted by molar-refractivity contribution is -0.152. The Kier molecular flexibility index (Phi) is 4.38. The second kappa shape index (κ2) is 6.12. The van der Waals surface area contributed by atoms with E-state index in [1.54, 1.807) is 0 Å². The van der Waals surface area contributed by atoms with Crippen LogP contribution in [0.1, 0.15) is 58.8 Å². The third-order valence-corrected chi connectivity index (χ3v) is 9.40. The van der Waals surface area contributed by atoms with Crippen LogP contribution in [0.15, 0.2) is 11.6 Å². The van der Waals surface area contributed by atoms with Crippen LogP contribution in [-0.4, -0.2) is 25.5 Å². The maximum absolute atomic E-state index is 13.6. The fourth-order valence-electron chi connectivity index (χ4n) is 7.27. The lowest BCUT2D eigenvalue weighted by Gasteiger charge is -2.58. The molecule has 28 heavy (non-hydrogen) atoms. The largest absolute Gasteiger partial charge is 0.399 e. The van der Waals surface area contributed by atoms with E-state index in [-0.39, 0.29) is 17.1 Å². The summed E-state index contributed by atoms with van der Waals surface area (Å²) >= 11 is 0. The highest BCUT2D eigenvalue weighted by molar-refractivity contribution is 6.69. The van der Waals surface area contributed by atoms with Crippen LogP contribution in [0.5, 0.6) is 0 Å². The SMILES string of the molecule is C[C@]12CCC(=O)C=C1CCC1C2C(=O)C[C@@]2(C)C1CC[C@@]2(C#N)O[Si](C)(C)C. The van der Waals surface area contributed by atoms with E-state index >= 15 is 0 Å². The lowest BCUT2D eigenvalue weighted by atomic mass is 9.46. The molecule has 0 aromatic carbocycles. The predicted octanol–water partition coefficient (Wildman–Crippen LogP) is 4.81. The topological polar surface area (TPSA) is 67.2 Å². The molecular formula is C23H33NO3Si. The van der Waals surface area contributed by atoms with Gasteiger partial charge in [0.1, 0.15) is 11.4 Å². The summed E-state index contributed by atoms with van der Waals surface area (Å²) in [7, 11) is -1.94. The molecule has 0 spiro atoms. The number of hydrogen-bond donors (Lipinski definition) is 0. The molecule has 152 valence electrons. The molecule has 0 radical (unpaired) electrons. The number of rotatable bonds is 2. The Balaban J connectivity index is 1.74. The Morgan fingerprint density at radius 2 is 1.86 bits per heavy atom. The minimum Gasteiger partial charge on any atom is -0.399 e. The van der Waals surface area contributed by atoms with Crippen molar-refractivity contribution < 1.29 is 14.0 Å². The van der Waals surface area contributed by atoms with Gasteiger partial charge in [-0.05, 0) is 75.1 Å². The number of ketones is 2. The van der Waals surface area contributed by atoms with Gasteiger partial charge in [-0.1, -0.05) is 19.4 Å². The molecule has 0 N–H and O–H groups in total. The predicted molar refractivity (Wildman–Crippen MR) is 110 cm³/mol. The maximum Gasteiger partial charge on any atom is 0.185 e. The van der Waals surface area contributed by atoms with Gasteiger partial charge in [0.05, 0.1) is 6.07 Å². The summed E-state index contributed by atoms with van der Waals surface area (Å²) in [6.07, 6.45) is 7.21. The molecule has 0 bridgehead atoms. The first kappa shape index (κ1) is 20.0. The normalized spacial score (nSPS) is 45.6. The number of Topliss-reactive ketones (excluding diaryl/α,β-unsaturated/α-hetero) is 1.